The summed E-state index contributed by atoms with van der Waals surface area (Å²) in [4.78, 5) is 11.5. The Morgan fingerprint density at radius 1 is 1.41 bits per heavy atom. The minimum Gasteiger partial charge on any atom is -0.354 e. The average Bonchev–Trinajstić information content (AvgIpc) is 2.34. The minimum absolute atomic E-state index is 0. The fourth-order valence-electron chi connectivity index (χ4n) is 1.21. The lowest BCUT2D eigenvalue weighted by Gasteiger charge is -2.11. The van der Waals surface area contributed by atoms with Crippen LogP contribution in [0.4, 0.5) is 0 Å². The van der Waals surface area contributed by atoms with Gasteiger partial charge in [0.1, 0.15) is 0 Å². The Kier molecular flexibility index (Phi) is 8.94. The molecule has 1 aromatic rings. The highest BCUT2D eigenvalue weighted by molar-refractivity contribution is 7.99. The van der Waals surface area contributed by atoms with E-state index in [1.165, 1.54) is 5.56 Å². The van der Waals surface area contributed by atoms with Crippen molar-refractivity contribution in [3.8, 4) is 0 Å². The maximum absolute atomic E-state index is 11.5. The molecule has 17 heavy (non-hydrogen) atoms. The van der Waals surface area contributed by atoms with E-state index in [1.807, 2.05) is 25.1 Å². The third-order valence-corrected chi connectivity index (χ3v) is 3.37. The molecule has 0 saturated carbocycles. The molecular weight excluding hydrogens is 256 g/mol. The van der Waals surface area contributed by atoms with Crippen LogP contribution >= 0.6 is 24.2 Å². The van der Waals surface area contributed by atoms with E-state index in [1.54, 1.807) is 11.8 Å². The third-order valence-electron chi connectivity index (χ3n) is 2.16. The maximum Gasteiger partial charge on any atom is 0.232 e. The van der Waals surface area contributed by atoms with Crippen LogP contribution < -0.4 is 11.1 Å². The lowest BCUT2D eigenvalue weighted by atomic mass is 10.2. The highest BCUT2D eigenvalue weighted by atomic mass is 35.5. The summed E-state index contributed by atoms with van der Waals surface area (Å²) in [6, 6.07) is 10.1. The minimum atomic E-state index is -0.0354. The summed E-state index contributed by atoms with van der Waals surface area (Å²) in [5.74, 6) is 0.921. The second kappa shape index (κ2) is 9.33. The van der Waals surface area contributed by atoms with Gasteiger partial charge in [-0.05, 0) is 12.5 Å². The number of carbonyl (C=O) groups is 1. The van der Waals surface area contributed by atoms with Crippen molar-refractivity contribution >= 4 is 30.1 Å². The standard InChI is InChI=1S/C12H18N2OS.ClH/c1-10(12(15)14-8-7-13)16-9-11-5-3-2-4-6-11;/h2-6,10H,7-9,13H2,1H3,(H,14,15);1H. The Hall–Kier alpha value is -0.710. The van der Waals surface area contributed by atoms with Crippen LogP contribution in [0.15, 0.2) is 30.3 Å². The molecule has 0 aliphatic heterocycles. The average molecular weight is 275 g/mol. The summed E-state index contributed by atoms with van der Waals surface area (Å²) in [5.41, 5.74) is 6.56. The number of amides is 1. The molecule has 5 heteroatoms. The monoisotopic (exact) mass is 274 g/mol. The normalized spacial score (nSPS) is 11.4. The number of hydrogen-bond acceptors (Lipinski definition) is 3. The Labute approximate surface area is 113 Å². The topological polar surface area (TPSA) is 55.1 Å². The molecule has 0 radical (unpaired) electrons. The summed E-state index contributed by atoms with van der Waals surface area (Å²) in [6.45, 7) is 2.95. The highest BCUT2D eigenvalue weighted by Crippen LogP contribution is 2.17. The molecule has 0 heterocycles. The van der Waals surface area contributed by atoms with Gasteiger partial charge in [-0.2, -0.15) is 0 Å². The summed E-state index contributed by atoms with van der Waals surface area (Å²) in [5, 5.41) is 2.75. The van der Waals surface area contributed by atoms with E-state index in [9.17, 15) is 4.79 Å². The van der Waals surface area contributed by atoms with Gasteiger partial charge in [-0.1, -0.05) is 30.3 Å². The van der Waals surface area contributed by atoms with Gasteiger partial charge in [-0.3, -0.25) is 4.79 Å². The summed E-state index contributed by atoms with van der Waals surface area (Å²) >= 11 is 1.64. The predicted octanol–water partition coefficient (Wildman–Crippen LogP) is 1.80. The molecular formula is C12H19ClN2OS. The van der Waals surface area contributed by atoms with Gasteiger partial charge < -0.3 is 11.1 Å². The molecule has 0 aromatic heterocycles. The first-order chi connectivity index (χ1) is 7.74. The van der Waals surface area contributed by atoms with Crippen LogP contribution in [-0.4, -0.2) is 24.2 Å². The van der Waals surface area contributed by atoms with Gasteiger partial charge in [0.2, 0.25) is 5.91 Å². The number of thioether (sulfide) groups is 1. The summed E-state index contributed by atoms with van der Waals surface area (Å²) in [7, 11) is 0. The first kappa shape index (κ1) is 16.3. The van der Waals surface area contributed by atoms with Gasteiger partial charge in [0.15, 0.2) is 0 Å². The first-order valence-corrected chi connectivity index (χ1v) is 6.42. The Balaban J connectivity index is 0.00000256. The molecule has 0 spiro atoms. The molecule has 0 fully saturated rings. The van der Waals surface area contributed by atoms with Crippen LogP contribution in [0.1, 0.15) is 12.5 Å². The Bertz CT molecular complexity index is 322. The van der Waals surface area contributed by atoms with Crippen molar-refractivity contribution in [1.82, 2.24) is 5.32 Å². The van der Waals surface area contributed by atoms with Gasteiger partial charge in [-0.15, -0.1) is 24.2 Å². The molecule has 0 aliphatic carbocycles. The Morgan fingerprint density at radius 3 is 2.65 bits per heavy atom. The fourth-order valence-corrected chi connectivity index (χ4v) is 2.08. The zero-order chi connectivity index (χ0) is 11.8. The van der Waals surface area contributed by atoms with E-state index in [0.29, 0.717) is 13.1 Å². The van der Waals surface area contributed by atoms with Crippen LogP contribution in [0, 0.1) is 0 Å². The zero-order valence-electron chi connectivity index (χ0n) is 9.89. The van der Waals surface area contributed by atoms with Crippen LogP contribution in [0.3, 0.4) is 0 Å². The van der Waals surface area contributed by atoms with Crippen molar-refractivity contribution in [3.05, 3.63) is 35.9 Å². The molecule has 1 atom stereocenters. The molecule has 0 saturated heterocycles. The predicted molar refractivity (Wildman–Crippen MR) is 76.5 cm³/mol. The van der Waals surface area contributed by atoms with Gasteiger partial charge in [-0.25, -0.2) is 0 Å². The molecule has 1 rings (SSSR count). The molecule has 1 aromatic carbocycles. The van der Waals surface area contributed by atoms with E-state index in [-0.39, 0.29) is 23.6 Å². The van der Waals surface area contributed by atoms with Crippen LogP contribution in [0.5, 0.6) is 0 Å². The molecule has 1 unspecified atom stereocenters. The number of rotatable bonds is 6. The molecule has 0 bridgehead atoms. The number of halogens is 1. The van der Waals surface area contributed by atoms with Crippen molar-refractivity contribution in [1.29, 1.82) is 0 Å². The smallest absolute Gasteiger partial charge is 0.232 e. The number of carbonyl (C=O) groups excluding carboxylic acids is 1. The number of nitrogens with two attached hydrogens (primary N) is 1. The van der Waals surface area contributed by atoms with Gasteiger partial charge in [0.05, 0.1) is 5.25 Å². The largest absolute Gasteiger partial charge is 0.354 e. The van der Waals surface area contributed by atoms with Crippen molar-refractivity contribution in [2.24, 2.45) is 5.73 Å². The van der Waals surface area contributed by atoms with Gasteiger partial charge in [0.25, 0.3) is 0 Å². The van der Waals surface area contributed by atoms with Crippen molar-refractivity contribution in [2.45, 2.75) is 17.9 Å². The van der Waals surface area contributed by atoms with Crippen LogP contribution in [-0.2, 0) is 10.5 Å². The fraction of sp³-hybridized carbons (Fsp3) is 0.417. The molecule has 3 nitrogen and oxygen atoms in total. The van der Waals surface area contributed by atoms with E-state index in [0.717, 1.165) is 5.75 Å². The second-order valence-electron chi connectivity index (χ2n) is 3.52. The summed E-state index contributed by atoms with van der Waals surface area (Å²) < 4.78 is 0. The lowest BCUT2D eigenvalue weighted by Crippen LogP contribution is -2.34. The maximum atomic E-state index is 11.5. The Morgan fingerprint density at radius 2 is 2.06 bits per heavy atom. The number of benzene rings is 1. The molecule has 3 N–H and O–H groups in total. The molecule has 0 aliphatic rings. The van der Waals surface area contributed by atoms with Crippen LogP contribution in [0.25, 0.3) is 0 Å². The van der Waals surface area contributed by atoms with E-state index in [4.69, 9.17) is 5.73 Å². The first-order valence-electron chi connectivity index (χ1n) is 5.37. The van der Waals surface area contributed by atoms with Crippen molar-refractivity contribution in [2.75, 3.05) is 13.1 Å². The quantitative estimate of drug-likeness (QED) is 0.832. The van der Waals surface area contributed by atoms with Crippen molar-refractivity contribution in [3.63, 3.8) is 0 Å². The number of nitrogens with one attached hydrogen (secondary N) is 1. The lowest BCUT2D eigenvalue weighted by molar-refractivity contribution is -0.120. The highest BCUT2D eigenvalue weighted by Gasteiger charge is 2.11. The van der Waals surface area contributed by atoms with Gasteiger partial charge in [0, 0.05) is 18.8 Å². The number of hydrogen-bond donors (Lipinski definition) is 2. The van der Waals surface area contributed by atoms with Gasteiger partial charge >= 0.3 is 0 Å². The van der Waals surface area contributed by atoms with Crippen molar-refractivity contribution < 1.29 is 4.79 Å². The van der Waals surface area contributed by atoms with E-state index < -0.39 is 0 Å². The summed E-state index contributed by atoms with van der Waals surface area (Å²) in [6.07, 6.45) is 0. The van der Waals surface area contributed by atoms with Crippen LogP contribution in [0.2, 0.25) is 0 Å². The van der Waals surface area contributed by atoms with E-state index >= 15 is 0 Å². The molecule has 96 valence electrons. The third kappa shape index (κ3) is 6.56. The molecule has 1 amide bonds. The zero-order valence-corrected chi connectivity index (χ0v) is 11.5. The second-order valence-corrected chi connectivity index (χ2v) is 4.85. The SMILES string of the molecule is CC(SCc1ccccc1)C(=O)NCCN.Cl. The van der Waals surface area contributed by atoms with E-state index in [2.05, 4.69) is 17.4 Å².